The van der Waals surface area contributed by atoms with Crippen molar-refractivity contribution in [2.24, 2.45) is 0 Å². The Balaban J connectivity index is 4.35. The number of rotatable bonds is 6. The van der Waals surface area contributed by atoms with E-state index in [1.807, 2.05) is 0 Å². The third-order valence-electron chi connectivity index (χ3n) is 1.69. The molecule has 0 spiro atoms. The van der Waals surface area contributed by atoms with E-state index in [-0.39, 0.29) is 13.0 Å². The van der Waals surface area contributed by atoms with Gasteiger partial charge in [0.1, 0.15) is 11.6 Å². The first kappa shape index (κ1) is 17.6. The molecule has 0 fully saturated rings. The van der Waals surface area contributed by atoms with Gasteiger partial charge in [0, 0.05) is 6.42 Å². The van der Waals surface area contributed by atoms with Crippen LogP contribution in [0.3, 0.4) is 0 Å². The van der Waals surface area contributed by atoms with Gasteiger partial charge < -0.3 is 15.2 Å². The van der Waals surface area contributed by atoms with Crippen molar-refractivity contribution in [3.05, 3.63) is 0 Å². The lowest BCUT2D eigenvalue weighted by atomic mass is 10.2. The van der Waals surface area contributed by atoms with E-state index in [0.717, 1.165) is 6.26 Å². The largest absolute Gasteiger partial charge is 0.480 e. The topological polar surface area (TPSA) is 119 Å². The van der Waals surface area contributed by atoms with Crippen molar-refractivity contribution < 1.29 is 32.0 Å². The Hall–Kier alpha value is -1.35. The van der Waals surface area contributed by atoms with E-state index < -0.39 is 33.8 Å². The van der Waals surface area contributed by atoms with Crippen LogP contribution in [0.25, 0.3) is 0 Å². The molecule has 1 atom stereocenters. The number of aliphatic carboxylic acids is 1. The summed E-state index contributed by atoms with van der Waals surface area (Å²) in [6.07, 6.45) is -0.231. The van der Waals surface area contributed by atoms with Crippen molar-refractivity contribution in [1.29, 1.82) is 0 Å². The van der Waals surface area contributed by atoms with Gasteiger partial charge in [-0.25, -0.2) is 9.59 Å². The molecule has 0 aliphatic heterocycles. The van der Waals surface area contributed by atoms with E-state index >= 15 is 0 Å². The molecule has 0 heterocycles. The highest BCUT2D eigenvalue weighted by molar-refractivity contribution is 7.85. The summed E-state index contributed by atoms with van der Waals surface area (Å²) in [4.78, 5) is 22.3. The number of hydrogen-bond donors (Lipinski definition) is 2. The summed E-state index contributed by atoms with van der Waals surface area (Å²) in [7, 11) is -3.64. The number of amides is 1. The van der Waals surface area contributed by atoms with Crippen LogP contribution in [0.1, 0.15) is 27.2 Å². The fraction of sp³-hybridized carbons (Fsp3) is 0.800. The second-order valence-electron chi connectivity index (χ2n) is 4.85. The number of nitrogens with one attached hydrogen (secondary N) is 1. The van der Waals surface area contributed by atoms with Crippen molar-refractivity contribution in [3.8, 4) is 0 Å². The van der Waals surface area contributed by atoms with E-state index in [9.17, 15) is 18.0 Å². The van der Waals surface area contributed by atoms with Crippen molar-refractivity contribution in [1.82, 2.24) is 5.32 Å². The van der Waals surface area contributed by atoms with Gasteiger partial charge in [0.05, 0.1) is 12.9 Å². The number of carboxylic acid groups (broad SMARTS) is 1. The minimum Gasteiger partial charge on any atom is -0.480 e. The van der Waals surface area contributed by atoms with Gasteiger partial charge in [-0.1, -0.05) is 0 Å². The first-order chi connectivity index (χ1) is 8.41. The Morgan fingerprint density at radius 3 is 2.21 bits per heavy atom. The van der Waals surface area contributed by atoms with Gasteiger partial charge in [0.2, 0.25) is 0 Å². The summed E-state index contributed by atoms with van der Waals surface area (Å²) in [6, 6.07) is -1.28. The Morgan fingerprint density at radius 1 is 1.32 bits per heavy atom. The van der Waals surface area contributed by atoms with E-state index in [1.54, 1.807) is 20.8 Å². The molecule has 8 nitrogen and oxygen atoms in total. The zero-order valence-electron chi connectivity index (χ0n) is 11.3. The van der Waals surface area contributed by atoms with Gasteiger partial charge in [-0.3, -0.25) is 4.18 Å². The molecule has 0 unspecified atom stereocenters. The molecule has 0 rings (SSSR count). The maximum Gasteiger partial charge on any atom is 0.408 e. The highest BCUT2D eigenvalue weighted by atomic mass is 32.2. The standard InChI is InChI=1S/C10H19NO7S/c1-10(2,3)18-9(14)11-7(8(12)13)5-6-17-19(4,15)16/h7H,5-6H2,1-4H3,(H,11,14)(H,12,13)/t7-/m0/s1. The molecule has 0 aliphatic rings. The minimum absolute atomic E-state index is 0.193. The number of alkyl carbamates (subject to hydrolysis) is 1. The lowest BCUT2D eigenvalue weighted by Crippen LogP contribution is -2.44. The van der Waals surface area contributed by atoms with Crippen LogP contribution in [0, 0.1) is 0 Å². The Morgan fingerprint density at radius 2 is 1.84 bits per heavy atom. The second kappa shape index (κ2) is 6.71. The molecule has 0 radical (unpaired) electrons. The summed E-state index contributed by atoms with van der Waals surface area (Å²) in [5, 5.41) is 11.0. The van der Waals surface area contributed by atoms with Crippen LogP contribution in [0.2, 0.25) is 0 Å². The molecule has 0 aromatic heterocycles. The van der Waals surface area contributed by atoms with Gasteiger partial charge >= 0.3 is 12.1 Å². The summed E-state index contributed by atoms with van der Waals surface area (Å²) in [5.41, 5.74) is -0.754. The third-order valence-corrected chi connectivity index (χ3v) is 2.29. The summed E-state index contributed by atoms with van der Waals surface area (Å²) in [6.45, 7) is 4.56. The highest BCUT2D eigenvalue weighted by Crippen LogP contribution is 2.07. The molecule has 1 amide bonds. The second-order valence-corrected chi connectivity index (χ2v) is 6.50. The zero-order chi connectivity index (χ0) is 15.3. The van der Waals surface area contributed by atoms with E-state index in [4.69, 9.17) is 9.84 Å². The molecular formula is C10H19NO7S. The molecule has 112 valence electrons. The average Bonchev–Trinajstić information content (AvgIpc) is 2.10. The maximum atomic E-state index is 11.4. The van der Waals surface area contributed by atoms with Crippen LogP contribution in [0.15, 0.2) is 0 Å². The number of carbonyl (C=O) groups is 2. The Bertz CT molecular complexity index is 424. The zero-order valence-corrected chi connectivity index (χ0v) is 12.1. The van der Waals surface area contributed by atoms with Crippen molar-refractivity contribution in [3.63, 3.8) is 0 Å². The molecule has 0 aromatic carbocycles. The van der Waals surface area contributed by atoms with Gasteiger partial charge in [-0.2, -0.15) is 8.42 Å². The van der Waals surface area contributed by atoms with Crippen molar-refractivity contribution in [2.75, 3.05) is 12.9 Å². The smallest absolute Gasteiger partial charge is 0.408 e. The van der Waals surface area contributed by atoms with Crippen LogP contribution in [0.5, 0.6) is 0 Å². The summed E-state index contributed by atoms with van der Waals surface area (Å²) >= 11 is 0. The minimum atomic E-state index is -3.64. The first-order valence-corrected chi connectivity index (χ1v) is 7.29. The van der Waals surface area contributed by atoms with Gasteiger partial charge in [0.15, 0.2) is 0 Å². The van der Waals surface area contributed by atoms with E-state index in [1.165, 1.54) is 0 Å². The van der Waals surface area contributed by atoms with Crippen LogP contribution < -0.4 is 5.32 Å². The maximum absolute atomic E-state index is 11.4. The van der Waals surface area contributed by atoms with Crippen LogP contribution in [-0.4, -0.2) is 50.1 Å². The van der Waals surface area contributed by atoms with Gasteiger partial charge in [-0.15, -0.1) is 0 Å². The van der Waals surface area contributed by atoms with Crippen LogP contribution in [0.4, 0.5) is 4.79 Å². The van der Waals surface area contributed by atoms with E-state index in [2.05, 4.69) is 9.50 Å². The molecular weight excluding hydrogens is 278 g/mol. The quantitative estimate of drug-likeness (QED) is 0.678. The molecule has 19 heavy (non-hydrogen) atoms. The van der Waals surface area contributed by atoms with Crippen molar-refractivity contribution in [2.45, 2.75) is 38.8 Å². The first-order valence-electron chi connectivity index (χ1n) is 5.47. The molecule has 9 heteroatoms. The van der Waals surface area contributed by atoms with Crippen molar-refractivity contribution >= 4 is 22.2 Å². The predicted octanol–water partition coefficient (Wildman–Crippen LogP) is 0.331. The predicted molar refractivity (Wildman–Crippen MR) is 66.2 cm³/mol. The third kappa shape index (κ3) is 10.3. The molecule has 2 N–H and O–H groups in total. The fourth-order valence-electron chi connectivity index (χ4n) is 1.02. The summed E-state index contributed by atoms with van der Waals surface area (Å²) < 4.78 is 30.7. The molecule has 0 bridgehead atoms. The monoisotopic (exact) mass is 297 g/mol. The molecule has 0 aromatic rings. The highest BCUT2D eigenvalue weighted by Gasteiger charge is 2.24. The van der Waals surface area contributed by atoms with E-state index in [0.29, 0.717) is 0 Å². The number of ether oxygens (including phenoxy) is 1. The van der Waals surface area contributed by atoms with Gasteiger partial charge in [0.25, 0.3) is 10.1 Å². The fourth-order valence-corrected chi connectivity index (χ4v) is 1.42. The molecule has 0 saturated heterocycles. The van der Waals surface area contributed by atoms with Crippen LogP contribution in [-0.2, 0) is 23.8 Å². The Labute approximate surface area is 112 Å². The normalized spacial score (nSPS) is 13.7. The lowest BCUT2D eigenvalue weighted by molar-refractivity contribution is -0.139. The number of carbonyl (C=O) groups excluding carboxylic acids is 1. The molecule has 0 aliphatic carbocycles. The summed E-state index contributed by atoms with van der Waals surface area (Å²) in [5.74, 6) is -1.30. The van der Waals surface area contributed by atoms with Crippen LogP contribution >= 0.6 is 0 Å². The Kier molecular flexibility index (Phi) is 6.23. The molecule has 0 saturated carbocycles. The average molecular weight is 297 g/mol. The lowest BCUT2D eigenvalue weighted by Gasteiger charge is -2.21. The number of carboxylic acids is 1. The van der Waals surface area contributed by atoms with Gasteiger partial charge in [-0.05, 0) is 20.8 Å². The SMILES string of the molecule is CC(C)(C)OC(=O)N[C@@H](CCOS(C)(=O)=O)C(=O)O. The number of hydrogen-bond acceptors (Lipinski definition) is 6.